The summed E-state index contributed by atoms with van der Waals surface area (Å²) in [5, 5.41) is 3.37. The minimum absolute atomic E-state index is 0.00586. The second-order valence-electron chi connectivity index (χ2n) is 4.83. The van der Waals surface area contributed by atoms with Crippen LogP contribution in [0.5, 0.6) is 0 Å². The molecule has 0 aliphatic rings. The van der Waals surface area contributed by atoms with Crippen molar-refractivity contribution in [3.8, 4) is 0 Å². The van der Waals surface area contributed by atoms with Crippen LogP contribution in [0.2, 0.25) is 0 Å². The van der Waals surface area contributed by atoms with E-state index in [1.54, 1.807) is 6.20 Å². The van der Waals surface area contributed by atoms with E-state index >= 15 is 0 Å². The third-order valence-corrected chi connectivity index (χ3v) is 3.85. The first-order chi connectivity index (χ1) is 7.97. The van der Waals surface area contributed by atoms with Gasteiger partial charge in [-0.1, -0.05) is 6.92 Å². The second kappa shape index (κ2) is 5.47. The van der Waals surface area contributed by atoms with Crippen molar-refractivity contribution in [2.75, 3.05) is 26.9 Å². The van der Waals surface area contributed by atoms with Crippen LogP contribution in [0.15, 0.2) is 18.5 Å². The van der Waals surface area contributed by atoms with Crippen LogP contribution in [-0.4, -0.2) is 36.6 Å². The topological polar surface area (TPSA) is 54.2 Å². The Morgan fingerprint density at radius 1 is 1.53 bits per heavy atom. The molecule has 4 nitrogen and oxygen atoms in total. The molecular weight excluding hydrogens is 212 g/mol. The Hall–Kier alpha value is -1.13. The number of likely N-dealkylation sites (N-methyl/N-ethyl adjacent to an activating group) is 2. The molecular formula is C13H24N4. The monoisotopic (exact) mass is 236 g/mol. The standard InChI is InChI=1S/C13H24N4/c1-6-13(2,17(4)5)12(15-3)10-9-16-8-7-11(10)14/h7-9,12,15H,6H2,1-5H3,(H2,14,16). The predicted octanol–water partition coefficient (Wildman–Crippen LogP) is 1.65. The number of nitrogens with two attached hydrogens (primary N) is 1. The fourth-order valence-corrected chi connectivity index (χ4v) is 2.24. The largest absolute Gasteiger partial charge is 0.398 e. The van der Waals surface area contributed by atoms with Crippen molar-refractivity contribution in [3.63, 3.8) is 0 Å². The molecule has 17 heavy (non-hydrogen) atoms. The lowest BCUT2D eigenvalue weighted by molar-refractivity contribution is 0.117. The molecule has 1 heterocycles. The molecule has 0 aliphatic carbocycles. The summed E-state index contributed by atoms with van der Waals surface area (Å²) in [7, 11) is 6.16. The van der Waals surface area contributed by atoms with Gasteiger partial charge in [0.1, 0.15) is 0 Å². The van der Waals surface area contributed by atoms with Crippen molar-refractivity contribution in [1.82, 2.24) is 15.2 Å². The van der Waals surface area contributed by atoms with Gasteiger partial charge in [0.2, 0.25) is 0 Å². The van der Waals surface area contributed by atoms with E-state index in [0.29, 0.717) is 0 Å². The molecule has 96 valence electrons. The molecule has 0 saturated heterocycles. The number of anilines is 1. The lowest BCUT2D eigenvalue weighted by Gasteiger charge is -2.43. The minimum atomic E-state index is 0.00586. The van der Waals surface area contributed by atoms with Gasteiger partial charge in [-0.3, -0.25) is 4.98 Å². The molecule has 3 N–H and O–H groups in total. The number of nitrogens with one attached hydrogen (secondary N) is 1. The van der Waals surface area contributed by atoms with Gasteiger partial charge in [-0.05, 0) is 40.6 Å². The highest BCUT2D eigenvalue weighted by Crippen LogP contribution is 2.34. The molecule has 0 saturated carbocycles. The van der Waals surface area contributed by atoms with Crippen molar-refractivity contribution in [1.29, 1.82) is 0 Å². The van der Waals surface area contributed by atoms with Gasteiger partial charge in [-0.25, -0.2) is 0 Å². The van der Waals surface area contributed by atoms with E-state index in [0.717, 1.165) is 17.7 Å². The van der Waals surface area contributed by atoms with E-state index in [-0.39, 0.29) is 11.6 Å². The van der Waals surface area contributed by atoms with E-state index in [2.05, 4.69) is 43.1 Å². The fourth-order valence-electron chi connectivity index (χ4n) is 2.24. The summed E-state index contributed by atoms with van der Waals surface area (Å²) >= 11 is 0. The molecule has 2 atom stereocenters. The number of hydrogen-bond acceptors (Lipinski definition) is 4. The lowest BCUT2D eigenvalue weighted by atomic mass is 9.83. The molecule has 0 radical (unpaired) electrons. The van der Waals surface area contributed by atoms with Crippen LogP contribution in [-0.2, 0) is 0 Å². The Morgan fingerprint density at radius 2 is 2.18 bits per heavy atom. The third kappa shape index (κ3) is 2.58. The molecule has 1 aromatic heterocycles. The minimum Gasteiger partial charge on any atom is -0.398 e. The van der Waals surface area contributed by atoms with Crippen LogP contribution in [0.1, 0.15) is 31.9 Å². The number of nitrogen functional groups attached to an aromatic ring is 1. The van der Waals surface area contributed by atoms with E-state index in [9.17, 15) is 0 Å². The summed E-state index contributed by atoms with van der Waals surface area (Å²) in [6.07, 6.45) is 4.61. The SMILES string of the molecule is CCC(C)(C(NC)c1cnccc1N)N(C)C. The molecule has 0 spiro atoms. The Labute approximate surface area is 104 Å². The lowest BCUT2D eigenvalue weighted by Crippen LogP contribution is -2.50. The average molecular weight is 236 g/mol. The summed E-state index contributed by atoms with van der Waals surface area (Å²) in [4.78, 5) is 6.42. The highest BCUT2D eigenvalue weighted by atomic mass is 15.2. The highest BCUT2D eigenvalue weighted by Gasteiger charge is 2.35. The first-order valence-corrected chi connectivity index (χ1v) is 6.01. The summed E-state index contributed by atoms with van der Waals surface area (Å²) in [6, 6.07) is 2.02. The van der Waals surface area contributed by atoms with Gasteiger partial charge < -0.3 is 16.0 Å². The number of pyridine rings is 1. The number of rotatable bonds is 5. The van der Waals surface area contributed by atoms with Crippen molar-refractivity contribution < 1.29 is 0 Å². The van der Waals surface area contributed by atoms with Crippen LogP contribution in [0.4, 0.5) is 5.69 Å². The molecule has 4 heteroatoms. The predicted molar refractivity (Wildman–Crippen MR) is 72.8 cm³/mol. The summed E-state index contributed by atoms with van der Waals surface area (Å²) in [5.41, 5.74) is 7.91. The normalized spacial score (nSPS) is 16.8. The van der Waals surface area contributed by atoms with Crippen LogP contribution in [0.25, 0.3) is 0 Å². The molecule has 2 unspecified atom stereocenters. The first kappa shape index (κ1) is 13.9. The van der Waals surface area contributed by atoms with Gasteiger partial charge in [-0.15, -0.1) is 0 Å². The Bertz CT molecular complexity index is 364. The maximum atomic E-state index is 6.05. The molecule has 0 bridgehead atoms. The maximum absolute atomic E-state index is 6.05. The zero-order valence-electron chi connectivity index (χ0n) is 11.5. The van der Waals surface area contributed by atoms with Gasteiger partial charge in [0.05, 0.1) is 6.04 Å². The van der Waals surface area contributed by atoms with Gasteiger partial charge in [0.25, 0.3) is 0 Å². The van der Waals surface area contributed by atoms with Crippen molar-refractivity contribution in [2.24, 2.45) is 0 Å². The van der Waals surface area contributed by atoms with Crippen molar-refractivity contribution in [2.45, 2.75) is 31.8 Å². The van der Waals surface area contributed by atoms with E-state index in [1.807, 2.05) is 19.3 Å². The summed E-state index contributed by atoms with van der Waals surface area (Å²) in [5.74, 6) is 0. The highest BCUT2D eigenvalue weighted by molar-refractivity contribution is 5.47. The van der Waals surface area contributed by atoms with Gasteiger partial charge >= 0.3 is 0 Å². The van der Waals surface area contributed by atoms with E-state index < -0.39 is 0 Å². The second-order valence-corrected chi connectivity index (χ2v) is 4.83. The molecule has 0 fully saturated rings. The first-order valence-electron chi connectivity index (χ1n) is 6.01. The quantitative estimate of drug-likeness (QED) is 0.816. The van der Waals surface area contributed by atoms with Gasteiger partial charge in [0, 0.05) is 29.2 Å². The van der Waals surface area contributed by atoms with Gasteiger partial charge in [-0.2, -0.15) is 0 Å². The molecule has 0 amide bonds. The zero-order chi connectivity index (χ0) is 13.1. The van der Waals surface area contributed by atoms with Crippen LogP contribution in [0.3, 0.4) is 0 Å². The number of aromatic nitrogens is 1. The summed E-state index contributed by atoms with van der Waals surface area (Å²) < 4.78 is 0. The molecule has 0 aliphatic heterocycles. The van der Waals surface area contributed by atoms with Crippen LogP contribution < -0.4 is 11.1 Å². The Morgan fingerprint density at radius 3 is 2.59 bits per heavy atom. The average Bonchev–Trinajstić information content (AvgIpc) is 2.31. The molecule has 1 aromatic rings. The Balaban J connectivity index is 3.19. The third-order valence-electron chi connectivity index (χ3n) is 3.85. The van der Waals surface area contributed by atoms with Crippen molar-refractivity contribution in [3.05, 3.63) is 24.0 Å². The van der Waals surface area contributed by atoms with Gasteiger partial charge in [0.15, 0.2) is 0 Å². The van der Waals surface area contributed by atoms with Crippen LogP contribution >= 0.6 is 0 Å². The van der Waals surface area contributed by atoms with E-state index in [1.165, 1.54) is 0 Å². The maximum Gasteiger partial charge on any atom is 0.0537 e. The van der Waals surface area contributed by atoms with Crippen molar-refractivity contribution >= 4 is 5.69 Å². The molecule has 1 rings (SSSR count). The smallest absolute Gasteiger partial charge is 0.0537 e. The van der Waals surface area contributed by atoms with Crippen LogP contribution in [0, 0.1) is 0 Å². The molecule has 0 aromatic carbocycles. The number of hydrogen-bond donors (Lipinski definition) is 2. The number of nitrogens with zero attached hydrogens (tertiary/aromatic N) is 2. The zero-order valence-corrected chi connectivity index (χ0v) is 11.5. The van der Waals surface area contributed by atoms with E-state index in [4.69, 9.17) is 5.73 Å². The Kier molecular flexibility index (Phi) is 4.48. The fraction of sp³-hybridized carbons (Fsp3) is 0.615. The summed E-state index contributed by atoms with van der Waals surface area (Å²) in [6.45, 7) is 4.43.